The fourth-order valence-corrected chi connectivity index (χ4v) is 4.86. The number of carbonyl (C=O) groups excluding carboxylic acids is 2. The van der Waals surface area contributed by atoms with Crippen LogP contribution < -0.4 is 5.32 Å². The monoisotopic (exact) mass is 445 g/mol. The van der Waals surface area contributed by atoms with Gasteiger partial charge in [-0.15, -0.1) is 0 Å². The quantitative estimate of drug-likeness (QED) is 0.570. The van der Waals surface area contributed by atoms with E-state index in [1.54, 1.807) is 12.1 Å². The summed E-state index contributed by atoms with van der Waals surface area (Å²) in [7, 11) is 1.36. The Bertz CT molecular complexity index is 1240. The normalized spacial score (nSPS) is 18.5. The van der Waals surface area contributed by atoms with E-state index in [-0.39, 0.29) is 12.1 Å². The molecule has 2 heterocycles. The van der Waals surface area contributed by atoms with E-state index in [0.29, 0.717) is 17.1 Å². The molecule has 1 N–H and O–H groups in total. The van der Waals surface area contributed by atoms with Crippen molar-refractivity contribution in [3.05, 3.63) is 70.9 Å². The number of esters is 2. The van der Waals surface area contributed by atoms with Gasteiger partial charge in [0.15, 0.2) is 0 Å². The molecule has 7 nitrogen and oxygen atoms in total. The Morgan fingerprint density at radius 1 is 1.00 bits per heavy atom. The molecule has 1 aromatic heterocycles. The zero-order chi connectivity index (χ0) is 22.9. The lowest BCUT2D eigenvalue weighted by Crippen LogP contribution is -2.31. The number of hydrogen-bond acceptors (Lipinski definition) is 6. The van der Waals surface area contributed by atoms with E-state index in [1.165, 1.54) is 13.5 Å². The standard InChI is InChI=1S/C26H27N3O4/c1-16-22(25(31)33-19-8-4-3-5-9-19)23(17-12-14-18(15-13-17)24(30)32-2)29-21-11-7-6-10-20(21)28-26(29)27-16/h6-7,10-15,19,23H,3-5,8-9H2,1-2H3,(H,27,28)/t23-/m1/s1. The zero-order valence-corrected chi connectivity index (χ0v) is 18.8. The van der Waals surface area contributed by atoms with E-state index in [1.807, 2.05) is 47.9 Å². The number of nitrogens with zero attached hydrogens (tertiary/aromatic N) is 2. The molecule has 0 spiro atoms. The Labute approximate surface area is 192 Å². The van der Waals surface area contributed by atoms with Gasteiger partial charge >= 0.3 is 11.9 Å². The highest BCUT2D eigenvalue weighted by atomic mass is 16.5. The van der Waals surface area contributed by atoms with Crippen molar-refractivity contribution >= 4 is 28.9 Å². The molecule has 0 bridgehead atoms. The summed E-state index contributed by atoms with van der Waals surface area (Å²) >= 11 is 0. The van der Waals surface area contributed by atoms with Gasteiger partial charge in [0.2, 0.25) is 5.95 Å². The SMILES string of the molecule is COC(=O)c1ccc([C@@H]2C(C(=O)OC3CCCCC3)=C(C)Nc3nc4ccccc4n32)cc1. The number of hydrogen-bond donors (Lipinski definition) is 1. The van der Waals surface area contributed by atoms with Gasteiger partial charge in [0.25, 0.3) is 0 Å². The molecule has 0 unspecified atom stereocenters. The Morgan fingerprint density at radius 3 is 2.45 bits per heavy atom. The summed E-state index contributed by atoms with van der Waals surface area (Å²) in [5.74, 6) is -0.0355. The fraction of sp³-hybridized carbons (Fsp3) is 0.346. The number of aromatic nitrogens is 2. The Hall–Kier alpha value is -3.61. The number of para-hydroxylation sites is 2. The van der Waals surface area contributed by atoms with Crippen molar-refractivity contribution in [2.75, 3.05) is 12.4 Å². The van der Waals surface area contributed by atoms with Crippen LogP contribution >= 0.6 is 0 Å². The molecular formula is C26H27N3O4. The van der Waals surface area contributed by atoms with Crippen LogP contribution in [0.5, 0.6) is 0 Å². The van der Waals surface area contributed by atoms with Crippen LogP contribution in [0.3, 0.4) is 0 Å². The number of allylic oxidation sites excluding steroid dienone is 1. The zero-order valence-electron chi connectivity index (χ0n) is 18.8. The average Bonchev–Trinajstić information content (AvgIpc) is 3.21. The van der Waals surface area contributed by atoms with Gasteiger partial charge in [0.1, 0.15) is 6.10 Å². The van der Waals surface area contributed by atoms with Gasteiger partial charge in [-0.1, -0.05) is 30.7 Å². The van der Waals surface area contributed by atoms with Gasteiger partial charge in [-0.05, 0) is 62.4 Å². The van der Waals surface area contributed by atoms with E-state index in [4.69, 9.17) is 14.5 Å². The molecular weight excluding hydrogens is 418 g/mol. The average molecular weight is 446 g/mol. The Kier molecular flexibility index (Phi) is 5.62. The van der Waals surface area contributed by atoms with Crippen LogP contribution in [0.2, 0.25) is 0 Å². The highest BCUT2D eigenvalue weighted by Gasteiger charge is 2.36. The van der Waals surface area contributed by atoms with Crippen LogP contribution in [0, 0.1) is 0 Å². The van der Waals surface area contributed by atoms with Gasteiger partial charge in [0.05, 0.1) is 35.3 Å². The number of benzene rings is 2. The minimum absolute atomic E-state index is 0.0465. The minimum atomic E-state index is -0.434. The van der Waals surface area contributed by atoms with Gasteiger partial charge in [0, 0.05) is 5.70 Å². The minimum Gasteiger partial charge on any atom is -0.465 e. The smallest absolute Gasteiger partial charge is 0.338 e. The summed E-state index contributed by atoms with van der Waals surface area (Å²) in [6, 6.07) is 14.6. The van der Waals surface area contributed by atoms with Crippen molar-refractivity contribution in [3.8, 4) is 0 Å². The molecule has 0 radical (unpaired) electrons. The van der Waals surface area contributed by atoms with E-state index in [9.17, 15) is 9.59 Å². The Balaban J connectivity index is 1.60. The molecule has 1 aliphatic heterocycles. The van der Waals surface area contributed by atoms with Gasteiger partial charge < -0.3 is 14.8 Å². The maximum Gasteiger partial charge on any atom is 0.338 e. The molecule has 5 rings (SSSR count). The molecule has 33 heavy (non-hydrogen) atoms. The molecule has 1 fully saturated rings. The molecule has 2 aliphatic rings. The summed E-state index contributed by atoms with van der Waals surface area (Å²) in [6.07, 6.45) is 5.13. The van der Waals surface area contributed by atoms with Gasteiger partial charge in [-0.25, -0.2) is 14.6 Å². The van der Waals surface area contributed by atoms with Crippen LogP contribution in [0.4, 0.5) is 5.95 Å². The van der Waals surface area contributed by atoms with Crippen LogP contribution in [-0.4, -0.2) is 34.7 Å². The van der Waals surface area contributed by atoms with E-state index in [0.717, 1.165) is 48.0 Å². The first-order valence-corrected chi connectivity index (χ1v) is 11.4. The van der Waals surface area contributed by atoms with E-state index >= 15 is 0 Å². The molecule has 3 aromatic rings. The van der Waals surface area contributed by atoms with Crippen molar-refractivity contribution in [1.29, 1.82) is 0 Å². The molecule has 1 saturated carbocycles. The fourth-order valence-electron chi connectivity index (χ4n) is 4.86. The van der Waals surface area contributed by atoms with Crippen molar-refractivity contribution in [3.63, 3.8) is 0 Å². The molecule has 0 amide bonds. The molecule has 170 valence electrons. The molecule has 1 atom stereocenters. The summed E-state index contributed by atoms with van der Waals surface area (Å²) in [5.41, 5.74) is 4.35. The third kappa shape index (κ3) is 3.88. The predicted octanol–water partition coefficient (Wildman–Crippen LogP) is 4.99. The summed E-state index contributed by atoms with van der Waals surface area (Å²) in [4.78, 5) is 30.2. The number of carbonyl (C=O) groups is 2. The van der Waals surface area contributed by atoms with Crippen LogP contribution in [0.15, 0.2) is 59.8 Å². The second-order valence-corrected chi connectivity index (χ2v) is 8.64. The first-order valence-electron chi connectivity index (χ1n) is 11.4. The predicted molar refractivity (Wildman–Crippen MR) is 125 cm³/mol. The third-order valence-electron chi connectivity index (χ3n) is 6.52. The molecule has 0 saturated heterocycles. The highest BCUT2D eigenvalue weighted by molar-refractivity contribution is 5.94. The van der Waals surface area contributed by atoms with E-state index in [2.05, 4.69) is 5.32 Å². The van der Waals surface area contributed by atoms with Crippen molar-refractivity contribution < 1.29 is 19.1 Å². The maximum absolute atomic E-state index is 13.5. The number of methoxy groups -OCH3 is 1. The third-order valence-corrected chi connectivity index (χ3v) is 6.52. The number of rotatable bonds is 4. The van der Waals surface area contributed by atoms with Crippen LogP contribution in [0.25, 0.3) is 11.0 Å². The van der Waals surface area contributed by atoms with Gasteiger partial charge in [-0.3, -0.25) is 4.57 Å². The van der Waals surface area contributed by atoms with Crippen molar-refractivity contribution in [2.24, 2.45) is 0 Å². The largest absolute Gasteiger partial charge is 0.465 e. The first-order chi connectivity index (χ1) is 16.1. The lowest BCUT2D eigenvalue weighted by atomic mass is 9.93. The topological polar surface area (TPSA) is 82.5 Å². The van der Waals surface area contributed by atoms with Gasteiger partial charge in [-0.2, -0.15) is 0 Å². The number of fused-ring (bicyclic) bond motifs is 3. The second kappa shape index (κ2) is 8.73. The number of nitrogens with one attached hydrogen (secondary N) is 1. The first kappa shape index (κ1) is 21.2. The van der Waals surface area contributed by atoms with E-state index < -0.39 is 12.0 Å². The molecule has 1 aliphatic carbocycles. The Morgan fingerprint density at radius 2 is 1.73 bits per heavy atom. The van der Waals surface area contributed by atoms with Crippen molar-refractivity contribution in [1.82, 2.24) is 9.55 Å². The molecule has 2 aromatic carbocycles. The summed E-state index contributed by atoms with van der Waals surface area (Å²) in [6.45, 7) is 1.89. The van der Waals surface area contributed by atoms with Crippen molar-refractivity contribution in [2.45, 2.75) is 51.2 Å². The summed E-state index contributed by atoms with van der Waals surface area (Å²) < 4.78 is 12.9. The lowest BCUT2D eigenvalue weighted by molar-refractivity contribution is -0.146. The summed E-state index contributed by atoms with van der Waals surface area (Å²) in [5, 5.41) is 3.31. The number of anilines is 1. The lowest BCUT2D eigenvalue weighted by Gasteiger charge is -2.31. The highest BCUT2D eigenvalue weighted by Crippen LogP contribution is 2.40. The van der Waals surface area contributed by atoms with Crippen LogP contribution in [0.1, 0.15) is 61.0 Å². The number of ether oxygens (including phenoxy) is 2. The van der Waals surface area contributed by atoms with Crippen LogP contribution in [-0.2, 0) is 14.3 Å². The number of imidazole rings is 1. The molecule has 7 heteroatoms. The maximum atomic E-state index is 13.5. The second-order valence-electron chi connectivity index (χ2n) is 8.64.